The Balaban J connectivity index is 1.31. The summed E-state index contributed by atoms with van der Waals surface area (Å²) in [6, 6.07) is 10.2. The average molecular weight is 376 g/mol. The van der Waals surface area contributed by atoms with E-state index in [9.17, 15) is 0 Å². The predicted molar refractivity (Wildman–Crippen MR) is 103 cm³/mol. The maximum absolute atomic E-state index is 5.49. The molecule has 0 amide bonds. The molecule has 28 heavy (non-hydrogen) atoms. The molecule has 1 aromatic carbocycles. The standard InChI is InChI=1S/C19H20N8O/c1-3-28-16-6-4-14(5-7-16)17-11-26(24-23-17)15-9-25(10-15)18-8-13(2)22-19-20-12-21-27(18)19/h4-8,11-12,15H,3,9-10H2,1-2H3. The number of aryl methyl sites for hydroxylation is 1. The minimum absolute atomic E-state index is 0.274. The molecule has 3 aromatic heterocycles. The molecule has 0 N–H and O–H groups in total. The highest BCUT2D eigenvalue weighted by molar-refractivity contribution is 5.59. The number of aromatic nitrogens is 7. The van der Waals surface area contributed by atoms with Gasteiger partial charge in [-0.05, 0) is 38.1 Å². The molecule has 1 aliphatic rings. The lowest BCUT2D eigenvalue weighted by atomic mass is 10.1. The fourth-order valence-corrected chi connectivity index (χ4v) is 3.42. The summed E-state index contributed by atoms with van der Waals surface area (Å²) >= 11 is 0. The van der Waals surface area contributed by atoms with E-state index in [1.54, 1.807) is 4.52 Å². The van der Waals surface area contributed by atoms with Crippen molar-refractivity contribution in [1.82, 2.24) is 34.6 Å². The maximum atomic E-state index is 5.49. The minimum atomic E-state index is 0.274. The molecule has 1 aliphatic heterocycles. The van der Waals surface area contributed by atoms with Crippen LogP contribution in [-0.4, -0.2) is 54.3 Å². The second kappa shape index (κ2) is 6.59. The topological polar surface area (TPSA) is 86.3 Å². The fourth-order valence-electron chi connectivity index (χ4n) is 3.42. The van der Waals surface area contributed by atoms with E-state index in [1.165, 1.54) is 6.33 Å². The van der Waals surface area contributed by atoms with E-state index in [-0.39, 0.29) is 6.04 Å². The van der Waals surface area contributed by atoms with E-state index < -0.39 is 0 Å². The Labute approximate surface area is 161 Å². The van der Waals surface area contributed by atoms with Gasteiger partial charge in [0.15, 0.2) is 0 Å². The van der Waals surface area contributed by atoms with Gasteiger partial charge >= 0.3 is 0 Å². The Kier molecular flexibility index (Phi) is 3.92. The van der Waals surface area contributed by atoms with Crippen LogP contribution >= 0.6 is 0 Å². The third kappa shape index (κ3) is 2.84. The van der Waals surface area contributed by atoms with Gasteiger partial charge in [0, 0.05) is 30.4 Å². The number of hydrogen-bond donors (Lipinski definition) is 0. The first-order valence-electron chi connectivity index (χ1n) is 9.28. The van der Waals surface area contributed by atoms with E-state index >= 15 is 0 Å². The molecule has 0 atom stereocenters. The zero-order valence-electron chi connectivity index (χ0n) is 15.7. The van der Waals surface area contributed by atoms with Gasteiger partial charge in [-0.25, -0.2) is 9.67 Å². The smallest absolute Gasteiger partial charge is 0.254 e. The number of nitrogens with zero attached hydrogens (tertiary/aromatic N) is 8. The molecule has 9 nitrogen and oxygen atoms in total. The summed E-state index contributed by atoms with van der Waals surface area (Å²) in [5.41, 5.74) is 2.82. The molecule has 142 valence electrons. The minimum Gasteiger partial charge on any atom is -0.494 e. The molecule has 0 unspecified atom stereocenters. The monoisotopic (exact) mass is 376 g/mol. The van der Waals surface area contributed by atoms with Crippen LogP contribution in [-0.2, 0) is 0 Å². The summed E-state index contributed by atoms with van der Waals surface area (Å²) in [7, 11) is 0. The van der Waals surface area contributed by atoms with Crippen LogP contribution in [0, 0.1) is 6.92 Å². The fraction of sp³-hybridized carbons (Fsp3) is 0.316. The van der Waals surface area contributed by atoms with Gasteiger partial charge in [0.05, 0.1) is 18.8 Å². The Hall–Kier alpha value is -3.49. The van der Waals surface area contributed by atoms with Crippen molar-refractivity contribution in [3.05, 3.63) is 48.5 Å². The summed E-state index contributed by atoms with van der Waals surface area (Å²) in [4.78, 5) is 10.8. The molecule has 0 spiro atoms. The lowest BCUT2D eigenvalue weighted by Gasteiger charge is -2.40. The number of ether oxygens (including phenoxy) is 1. The van der Waals surface area contributed by atoms with Gasteiger partial charge in [0.2, 0.25) is 0 Å². The molecular weight excluding hydrogens is 356 g/mol. The quantitative estimate of drug-likeness (QED) is 0.527. The number of hydrogen-bond acceptors (Lipinski definition) is 7. The highest BCUT2D eigenvalue weighted by Crippen LogP contribution is 2.29. The van der Waals surface area contributed by atoms with Crippen LogP contribution in [0.2, 0.25) is 0 Å². The summed E-state index contributed by atoms with van der Waals surface area (Å²) in [6.07, 6.45) is 3.53. The number of benzene rings is 1. The summed E-state index contributed by atoms with van der Waals surface area (Å²) in [5.74, 6) is 2.49. The maximum Gasteiger partial charge on any atom is 0.254 e. The average Bonchev–Trinajstić information content (AvgIpc) is 3.31. The third-order valence-electron chi connectivity index (χ3n) is 4.89. The zero-order valence-corrected chi connectivity index (χ0v) is 15.7. The van der Waals surface area contributed by atoms with Crippen LogP contribution in [0.1, 0.15) is 18.7 Å². The van der Waals surface area contributed by atoms with Crippen LogP contribution in [0.4, 0.5) is 5.82 Å². The highest BCUT2D eigenvalue weighted by Gasteiger charge is 2.31. The predicted octanol–water partition coefficient (Wildman–Crippen LogP) is 2.15. The van der Waals surface area contributed by atoms with Crippen molar-refractivity contribution in [2.45, 2.75) is 19.9 Å². The van der Waals surface area contributed by atoms with E-state index in [2.05, 4.69) is 30.3 Å². The van der Waals surface area contributed by atoms with Gasteiger partial charge in [-0.1, -0.05) is 5.21 Å². The van der Waals surface area contributed by atoms with Crippen molar-refractivity contribution >= 4 is 11.6 Å². The van der Waals surface area contributed by atoms with Crippen molar-refractivity contribution in [3.8, 4) is 17.0 Å². The number of anilines is 1. The lowest BCUT2D eigenvalue weighted by molar-refractivity contribution is 0.340. The first-order valence-corrected chi connectivity index (χ1v) is 9.28. The van der Waals surface area contributed by atoms with Crippen molar-refractivity contribution in [1.29, 1.82) is 0 Å². The third-order valence-corrected chi connectivity index (χ3v) is 4.89. The molecule has 4 heterocycles. The Morgan fingerprint density at radius 2 is 2.00 bits per heavy atom. The molecule has 1 saturated heterocycles. The van der Waals surface area contributed by atoms with Crippen LogP contribution in [0.5, 0.6) is 5.75 Å². The molecule has 0 bridgehead atoms. The van der Waals surface area contributed by atoms with Gasteiger partial charge in [0.1, 0.15) is 23.6 Å². The van der Waals surface area contributed by atoms with Gasteiger partial charge in [-0.15, -0.1) is 5.10 Å². The summed E-state index contributed by atoms with van der Waals surface area (Å²) < 4.78 is 9.20. The number of rotatable bonds is 5. The number of fused-ring (bicyclic) bond motifs is 1. The summed E-state index contributed by atoms with van der Waals surface area (Å²) in [6.45, 7) is 6.28. The van der Waals surface area contributed by atoms with Gasteiger partial charge in [-0.3, -0.25) is 0 Å². The van der Waals surface area contributed by atoms with E-state index in [1.807, 2.05) is 55.1 Å². The Morgan fingerprint density at radius 3 is 2.79 bits per heavy atom. The Bertz CT molecular complexity index is 1110. The molecule has 1 fully saturated rings. The van der Waals surface area contributed by atoms with Crippen LogP contribution in [0.25, 0.3) is 17.0 Å². The summed E-state index contributed by atoms with van der Waals surface area (Å²) in [5, 5.41) is 12.9. The molecular formula is C19H20N8O. The van der Waals surface area contributed by atoms with Crippen molar-refractivity contribution in [3.63, 3.8) is 0 Å². The van der Waals surface area contributed by atoms with Crippen molar-refractivity contribution < 1.29 is 4.74 Å². The SMILES string of the molecule is CCOc1ccc(-c2cn(C3CN(c4cc(C)nc5ncnn45)C3)nn2)cc1. The molecule has 0 aliphatic carbocycles. The van der Waals surface area contributed by atoms with Gasteiger partial charge < -0.3 is 9.64 Å². The normalized spacial score (nSPS) is 14.4. The van der Waals surface area contributed by atoms with E-state index in [4.69, 9.17) is 4.74 Å². The largest absolute Gasteiger partial charge is 0.494 e. The van der Waals surface area contributed by atoms with E-state index in [0.29, 0.717) is 12.4 Å². The molecule has 4 aromatic rings. The second-order valence-corrected chi connectivity index (χ2v) is 6.83. The molecule has 5 rings (SSSR count). The molecule has 0 radical (unpaired) electrons. The van der Waals surface area contributed by atoms with Crippen molar-refractivity contribution in [2.24, 2.45) is 0 Å². The van der Waals surface area contributed by atoms with E-state index in [0.717, 1.165) is 41.6 Å². The highest BCUT2D eigenvalue weighted by atomic mass is 16.5. The Morgan fingerprint density at radius 1 is 1.18 bits per heavy atom. The lowest BCUT2D eigenvalue weighted by Crippen LogP contribution is -2.48. The zero-order chi connectivity index (χ0) is 19.1. The first kappa shape index (κ1) is 16.7. The molecule has 9 heteroatoms. The van der Waals surface area contributed by atoms with Crippen LogP contribution in [0.3, 0.4) is 0 Å². The molecule has 0 saturated carbocycles. The van der Waals surface area contributed by atoms with Gasteiger partial charge in [0.25, 0.3) is 5.78 Å². The first-order chi connectivity index (χ1) is 13.7. The second-order valence-electron chi connectivity index (χ2n) is 6.83. The van der Waals surface area contributed by atoms with Crippen LogP contribution < -0.4 is 9.64 Å². The van der Waals surface area contributed by atoms with Crippen LogP contribution in [0.15, 0.2) is 42.9 Å². The van der Waals surface area contributed by atoms with Gasteiger partial charge in [-0.2, -0.15) is 14.6 Å². The van der Waals surface area contributed by atoms with Crippen molar-refractivity contribution in [2.75, 3.05) is 24.6 Å².